The summed E-state index contributed by atoms with van der Waals surface area (Å²) in [6.45, 7) is 0. The third kappa shape index (κ3) is 2.56. The van der Waals surface area contributed by atoms with Crippen LogP contribution in [0.1, 0.15) is 10.4 Å². The monoisotopic (exact) mass is 275 g/mol. The van der Waals surface area contributed by atoms with Crippen molar-refractivity contribution in [1.29, 1.82) is 0 Å². The molecule has 104 valence electrons. The Bertz CT molecular complexity index is 643. The van der Waals surface area contributed by atoms with Crippen molar-refractivity contribution < 1.29 is 19.0 Å². The molecule has 2 rings (SSSR count). The highest BCUT2D eigenvalue weighted by Crippen LogP contribution is 2.33. The summed E-state index contributed by atoms with van der Waals surface area (Å²) in [7, 11) is 3.23. The van der Waals surface area contributed by atoms with E-state index in [0.717, 1.165) is 6.07 Å². The molecule has 0 aliphatic carbocycles. The van der Waals surface area contributed by atoms with Crippen LogP contribution in [0.4, 0.5) is 15.8 Å². The van der Waals surface area contributed by atoms with Gasteiger partial charge in [-0.15, -0.1) is 0 Å². The molecule has 0 saturated heterocycles. The molecule has 20 heavy (non-hydrogen) atoms. The van der Waals surface area contributed by atoms with Crippen LogP contribution in [0.3, 0.4) is 0 Å². The molecule has 0 amide bonds. The van der Waals surface area contributed by atoms with E-state index in [0.29, 0.717) is 11.4 Å². The lowest BCUT2D eigenvalue weighted by Crippen LogP contribution is -2.13. The van der Waals surface area contributed by atoms with Crippen LogP contribution < -0.4 is 9.64 Å². The molecule has 5 heteroatoms. The minimum absolute atomic E-state index is 0.0836. The van der Waals surface area contributed by atoms with Gasteiger partial charge < -0.3 is 14.7 Å². The Kier molecular flexibility index (Phi) is 3.89. The molecule has 2 aromatic carbocycles. The van der Waals surface area contributed by atoms with Crippen molar-refractivity contribution in [3.05, 3.63) is 53.8 Å². The van der Waals surface area contributed by atoms with Crippen LogP contribution >= 0.6 is 0 Å². The van der Waals surface area contributed by atoms with Gasteiger partial charge >= 0.3 is 5.97 Å². The zero-order valence-corrected chi connectivity index (χ0v) is 11.1. The smallest absolute Gasteiger partial charge is 0.335 e. The molecule has 1 N–H and O–H groups in total. The van der Waals surface area contributed by atoms with Gasteiger partial charge in [0.2, 0.25) is 0 Å². The predicted molar refractivity (Wildman–Crippen MR) is 74.4 cm³/mol. The molecule has 0 heterocycles. The van der Waals surface area contributed by atoms with Crippen molar-refractivity contribution in [3.8, 4) is 5.75 Å². The summed E-state index contributed by atoms with van der Waals surface area (Å²) in [6.07, 6.45) is 0. The van der Waals surface area contributed by atoms with Gasteiger partial charge in [-0.05, 0) is 30.3 Å². The third-order valence-corrected chi connectivity index (χ3v) is 3.00. The van der Waals surface area contributed by atoms with Crippen molar-refractivity contribution in [2.45, 2.75) is 0 Å². The standard InChI is InChI=1S/C15H14FNO3/c1-17(13-5-3-4-6-14(13)20-2)12-8-7-10(15(18)19)9-11(12)16/h3-9H,1-2H3,(H,18,19). The molecule has 0 aliphatic heterocycles. The van der Waals surface area contributed by atoms with Crippen molar-refractivity contribution in [2.24, 2.45) is 0 Å². The summed E-state index contributed by atoms with van der Waals surface area (Å²) in [5.74, 6) is -1.15. The molecule has 0 spiro atoms. The Morgan fingerprint density at radius 1 is 1.20 bits per heavy atom. The zero-order valence-electron chi connectivity index (χ0n) is 11.1. The molecule has 0 aliphatic rings. The molecule has 0 fully saturated rings. The molecular formula is C15H14FNO3. The van der Waals surface area contributed by atoms with Crippen LogP contribution in [-0.2, 0) is 0 Å². The predicted octanol–water partition coefficient (Wildman–Crippen LogP) is 3.30. The van der Waals surface area contributed by atoms with E-state index < -0.39 is 11.8 Å². The van der Waals surface area contributed by atoms with E-state index in [1.165, 1.54) is 19.2 Å². The average Bonchev–Trinajstić information content (AvgIpc) is 2.46. The number of halogens is 1. The van der Waals surface area contributed by atoms with Gasteiger partial charge in [0, 0.05) is 7.05 Å². The molecule has 0 aromatic heterocycles. The quantitative estimate of drug-likeness (QED) is 0.930. The first kappa shape index (κ1) is 13.9. The fourth-order valence-corrected chi connectivity index (χ4v) is 1.95. The number of anilines is 2. The van der Waals surface area contributed by atoms with Crippen LogP contribution in [0.2, 0.25) is 0 Å². The largest absolute Gasteiger partial charge is 0.495 e. The molecule has 2 aromatic rings. The summed E-state index contributed by atoms with van der Waals surface area (Å²) in [4.78, 5) is 12.4. The van der Waals surface area contributed by atoms with Crippen molar-refractivity contribution in [1.82, 2.24) is 0 Å². The van der Waals surface area contributed by atoms with E-state index in [-0.39, 0.29) is 11.3 Å². The number of para-hydroxylation sites is 2. The average molecular weight is 275 g/mol. The first-order chi connectivity index (χ1) is 9.54. The summed E-state index contributed by atoms with van der Waals surface area (Å²) in [5.41, 5.74) is 0.885. The highest BCUT2D eigenvalue weighted by molar-refractivity contribution is 5.88. The van der Waals surface area contributed by atoms with Crippen LogP contribution in [0.25, 0.3) is 0 Å². The van der Waals surface area contributed by atoms with Gasteiger partial charge in [0.25, 0.3) is 0 Å². The van der Waals surface area contributed by atoms with Crippen LogP contribution in [-0.4, -0.2) is 25.2 Å². The normalized spacial score (nSPS) is 10.2. The lowest BCUT2D eigenvalue weighted by molar-refractivity contribution is 0.0696. The van der Waals surface area contributed by atoms with Gasteiger partial charge in [0.05, 0.1) is 24.0 Å². The number of benzene rings is 2. The van der Waals surface area contributed by atoms with Crippen LogP contribution in [0, 0.1) is 5.82 Å². The number of hydrogen-bond acceptors (Lipinski definition) is 3. The van der Waals surface area contributed by atoms with Crippen molar-refractivity contribution >= 4 is 17.3 Å². The van der Waals surface area contributed by atoms with E-state index in [1.54, 1.807) is 24.1 Å². The molecular weight excluding hydrogens is 261 g/mol. The van der Waals surface area contributed by atoms with E-state index >= 15 is 0 Å². The van der Waals surface area contributed by atoms with Crippen LogP contribution in [0.15, 0.2) is 42.5 Å². The highest BCUT2D eigenvalue weighted by Gasteiger charge is 2.15. The Morgan fingerprint density at radius 2 is 1.90 bits per heavy atom. The highest BCUT2D eigenvalue weighted by atomic mass is 19.1. The number of carboxylic acids is 1. The number of aromatic carboxylic acids is 1. The number of hydrogen-bond donors (Lipinski definition) is 1. The Labute approximate surface area is 116 Å². The Balaban J connectivity index is 2.43. The number of ether oxygens (including phenoxy) is 1. The maximum absolute atomic E-state index is 14.0. The number of methoxy groups -OCH3 is 1. The maximum Gasteiger partial charge on any atom is 0.335 e. The second-order valence-electron chi connectivity index (χ2n) is 4.20. The minimum atomic E-state index is -1.16. The second kappa shape index (κ2) is 5.61. The van der Waals surface area contributed by atoms with E-state index in [4.69, 9.17) is 9.84 Å². The Morgan fingerprint density at radius 3 is 2.50 bits per heavy atom. The lowest BCUT2D eigenvalue weighted by Gasteiger charge is -2.22. The Hall–Kier alpha value is -2.56. The number of carbonyl (C=O) groups is 1. The molecule has 0 saturated carbocycles. The van der Waals surface area contributed by atoms with Gasteiger partial charge in [-0.1, -0.05) is 12.1 Å². The van der Waals surface area contributed by atoms with E-state index in [9.17, 15) is 9.18 Å². The van der Waals surface area contributed by atoms with Crippen LogP contribution in [0.5, 0.6) is 5.75 Å². The lowest BCUT2D eigenvalue weighted by atomic mass is 10.1. The first-order valence-corrected chi connectivity index (χ1v) is 5.94. The summed E-state index contributed by atoms with van der Waals surface area (Å²) >= 11 is 0. The van der Waals surface area contributed by atoms with Gasteiger partial charge in [-0.3, -0.25) is 0 Å². The number of carboxylic acid groups (broad SMARTS) is 1. The minimum Gasteiger partial charge on any atom is -0.495 e. The topological polar surface area (TPSA) is 49.8 Å². The molecule has 0 bridgehead atoms. The SMILES string of the molecule is COc1ccccc1N(C)c1ccc(C(=O)O)cc1F. The van der Waals surface area contributed by atoms with Crippen molar-refractivity contribution in [3.63, 3.8) is 0 Å². The maximum atomic E-state index is 14.0. The third-order valence-electron chi connectivity index (χ3n) is 3.00. The fourth-order valence-electron chi connectivity index (χ4n) is 1.95. The zero-order chi connectivity index (χ0) is 14.7. The molecule has 0 atom stereocenters. The van der Waals surface area contributed by atoms with Gasteiger partial charge in [0.1, 0.15) is 11.6 Å². The molecule has 0 unspecified atom stereocenters. The van der Waals surface area contributed by atoms with Gasteiger partial charge in [0.15, 0.2) is 0 Å². The fraction of sp³-hybridized carbons (Fsp3) is 0.133. The molecule has 0 radical (unpaired) electrons. The number of nitrogens with zero attached hydrogens (tertiary/aromatic N) is 1. The molecule has 4 nitrogen and oxygen atoms in total. The van der Waals surface area contributed by atoms with E-state index in [2.05, 4.69) is 0 Å². The first-order valence-electron chi connectivity index (χ1n) is 5.94. The summed E-state index contributed by atoms with van der Waals surface area (Å²) in [5, 5.41) is 8.84. The summed E-state index contributed by atoms with van der Waals surface area (Å²) in [6, 6.07) is 11.0. The van der Waals surface area contributed by atoms with Gasteiger partial charge in [-0.25, -0.2) is 9.18 Å². The summed E-state index contributed by atoms with van der Waals surface area (Å²) < 4.78 is 19.3. The number of rotatable bonds is 4. The van der Waals surface area contributed by atoms with E-state index in [1.807, 2.05) is 12.1 Å². The second-order valence-corrected chi connectivity index (χ2v) is 4.20. The van der Waals surface area contributed by atoms with Gasteiger partial charge in [-0.2, -0.15) is 0 Å². The van der Waals surface area contributed by atoms with Crippen molar-refractivity contribution in [2.75, 3.05) is 19.1 Å².